The first kappa shape index (κ1) is 11.7. The Morgan fingerprint density at radius 1 is 1.71 bits per heavy atom. The molecule has 0 radical (unpaired) electrons. The van der Waals surface area contributed by atoms with Crippen LogP contribution in [0.1, 0.15) is 39.5 Å². The van der Waals surface area contributed by atoms with Gasteiger partial charge in [0, 0.05) is 11.6 Å². The van der Waals surface area contributed by atoms with E-state index in [1.807, 2.05) is 6.08 Å². The molecule has 0 aromatic carbocycles. The van der Waals surface area contributed by atoms with Crippen molar-refractivity contribution in [2.45, 2.75) is 51.1 Å². The Morgan fingerprint density at radius 2 is 2.43 bits per heavy atom. The molecule has 1 aliphatic carbocycles. The summed E-state index contributed by atoms with van der Waals surface area (Å²) >= 11 is 0. The summed E-state index contributed by atoms with van der Waals surface area (Å²) in [5, 5.41) is 13.0. The van der Waals surface area contributed by atoms with E-state index in [4.69, 9.17) is 0 Å². The van der Waals surface area contributed by atoms with E-state index in [2.05, 4.69) is 25.7 Å². The molecule has 0 aliphatic heterocycles. The van der Waals surface area contributed by atoms with Crippen LogP contribution >= 0.6 is 0 Å². The lowest BCUT2D eigenvalue weighted by atomic mass is 9.76. The van der Waals surface area contributed by atoms with Crippen LogP contribution < -0.4 is 5.32 Å². The minimum Gasteiger partial charge on any atom is -0.394 e. The summed E-state index contributed by atoms with van der Waals surface area (Å²) in [5.74, 6) is 0.723. The summed E-state index contributed by atoms with van der Waals surface area (Å²) in [6, 6.07) is 0.285. The van der Waals surface area contributed by atoms with Gasteiger partial charge in [0.25, 0.3) is 0 Å². The minimum absolute atomic E-state index is 0.0503. The van der Waals surface area contributed by atoms with Gasteiger partial charge in [-0.25, -0.2) is 0 Å². The number of nitrogens with one attached hydrogen (secondary N) is 1. The van der Waals surface area contributed by atoms with Gasteiger partial charge in [-0.2, -0.15) is 0 Å². The summed E-state index contributed by atoms with van der Waals surface area (Å²) in [6.07, 6.45) is 6.59. The molecule has 1 fully saturated rings. The predicted octanol–water partition coefficient (Wildman–Crippen LogP) is 2.09. The first-order valence-corrected chi connectivity index (χ1v) is 5.63. The van der Waals surface area contributed by atoms with E-state index in [1.165, 1.54) is 12.8 Å². The highest BCUT2D eigenvalue weighted by atomic mass is 16.3. The molecule has 0 heterocycles. The third-order valence-electron chi connectivity index (χ3n) is 3.28. The zero-order valence-corrected chi connectivity index (χ0v) is 9.42. The van der Waals surface area contributed by atoms with Crippen LogP contribution in [0.5, 0.6) is 0 Å². The Balaban J connectivity index is 2.59. The highest BCUT2D eigenvalue weighted by Gasteiger charge is 2.34. The van der Waals surface area contributed by atoms with E-state index in [0.29, 0.717) is 0 Å². The van der Waals surface area contributed by atoms with Crippen LogP contribution in [0.25, 0.3) is 0 Å². The van der Waals surface area contributed by atoms with Gasteiger partial charge in [-0.3, -0.25) is 0 Å². The van der Waals surface area contributed by atoms with Crippen LogP contribution in [-0.4, -0.2) is 23.3 Å². The summed E-state index contributed by atoms with van der Waals surface area (Å²) in [5.41, 5.74) is -0.0503. The summed E-state index contributed by atoms with van der Waals surface area (Å²) in [4.78, 5) is 0. The zero-order valence-electron chi connectivity index (χ0n) is 9.42. The summed E-state index contributed by atoms with van der Waals surface area (Å²) in [6.45, 7) is 8.37. The van der Waals surface area contributed by atoms with Gasteiger partial charge >= 0.3 is 0 Å². The SMILES string of the molecule is C=CC(C)NC1(CO)CCCC(C)C1. The van der Waals surface area contributed by atoms with Crippen molar-refractivity contribution in [3.05, 3.63) is 12.7 Å². The fourth-order valence-corrected chi connectivity index (χ4v) is 2.52. The number of rotatable bonds is 4. The second-order valence-electron chi connectivity index (χ2n) is 4.81. The maximum atomic E-state index is 9.51. The second kappa shape index (κ2) is 4.94. The van der Waals surface area contributed by atoms with Gasteiger partial charge in [0.15, 0.2) is 0 Å². The molecular weight excluding hydrogens is 174 g/mol. The number of aliphatic hydroxyl groups is 1. The summed E-state index contributed by atoms with van der Waals surface area (Å²) in [7, 11) is 0. The molecule has 3 unspecified atom stereocenters. The van der Waals surface area contributed by atoms with Crippen molar-refractivity contribution in [1.82, 2.24) is 5.32 Å². The van der Waals surface area contributed by atoms with Crippen molar-refractivity contribution in [3.8, 4) is 0 Å². The monoisotopic (exact) mass is 197 g/mol. The Hall–Kier alpha value is -0.340. The predicted molar refractivity (Wildman–Crippen MR) is 60.2 cm³/mol. The quantitative estimate of drug-likeness (QED) is 0.676. The standard InChI is InChI=1S/C12H23NO/c1-4-11(3)13-12(9-14)7-5-6-10(2)8-12/h4,10-11,13-14H,1,5-9H2,2-3H3. The molecule has 1 saturated carbocycles. The van der Waals surface area contributed by atoms with Gasteiger partial charge in [-0.05, 0) is 25.7 Å². The lowest BCUT2D eigenvalue weighted by molar-refractivity contribution is 0.0951. The highest BCUT2D eigenvalue weighted by Crippen LogP contribution is 2.32. The normalized spacial score (nSPS) is 35.2. The van der Waals surface area contributed by atoms with Crippen molar-refractivity contribution in [3.63, 3.8) is 0 Å². The van der Waals surface area contributed by atoms with E-state index < -0.39 is 0 Å². The fourth-order valence-electron chi connectivity index (χ4n) is 2.52. The van der Waals surface area contributed by atoms with E-state index in [0.717, 1.165) is 18.8 Å². The first-order valence-electron chi connectivity index (χ1n) is 5.63. The number of aliphatic hydroxyl groups excluding tert-OH is 1. The Kier molecular flexibility index (Phi) is 4.14. The van der Waals surface area contributed by atoms with Crippen molar-refractivity contribution < 1.29 is 5.11 Å². The first-order chi connectivity index (χ1) is 6.62. The van der Waals surface area contributed by atoms with Gasteiger partial charge in [-0.1, -0.05) is 25.8 Å². The van der Waals surface area contributed by atoms with Gasteiger partial charge < -0.3 is 10.4 Å². The Labute approximate surface area is 87.4 Å². The van der Waals surface area contributed by atoms with Crippen LogP contribution in [0.2, 0.25) is 0 Å². The molecule has 0 aromatic heterocycles. The molecule has 0 saturated heterocycles. The van der Waals surface area contributed by atoms with Gasteiger partial charge in [0.05, 0.1) is 6.61 Å². The molecule has 0 aromatic rings. The molecular formula is C12H23NO. The lowest BCUT2D eigenvalue weighted by Gasteiger charge is -2.41. The second-order valence-corrected chi connectivity index (χ2v) is 4.81. The molecule has 2 N–H and O–H groups in total. The topological polar surface area (TPSA) is 32.3 Å². The molecule has 82 valence electrons. The maximum Gasteiger partial charge on any atom is 0.0613 e. The largest absolute Gasteiger partial charge is 0.394 e. The third kappa shape index (κ3) is 2.82. The molecule has 14 heavy (non-hydrogen) atoms. The molecule has 3 atom stereocenters. The van der Waals surface area contributed by atoms with E-state index in [1.54, 1.807) is 0 Å². The zero-order chi connectivity index (χ0) is 10.6. The average molecular weight is 197 g/mol. The van der Waals surface area contributed by atoms with Gasteiger partial charge in [0.2, 0.25) is 0 Å². The maximum absolute atomic E-state index is 9.51. The van der Waals surface area contributed by atoms with Crippen LogP contribution in [0.3, 0.4) is 0 Å². The fraction of sp³-hybridized carbons (Fsp3) is 0.833. The highest BCUT2D eigenvalue weighted by molar-refractivity contribution is 4.97. The third-order valence-corrected chi connectivity index (χ3v) is 3.28. The van der Waals surface area contributed by atoms with Gasteiger partial charge in [0.1, 0.15) is 0 Å². The van der Waals surface area contributed by atoms with Crippen LogP contribution in [-0.2, 0) is 0 Å². The van der Waals surface area contributed by atoms with Crippen LogP contribution in [0, 0.1) is 5.92 Å². The Morgan fingerprint density at radius 3 is 2.93 bits per heavy atom. The van der Waals surface area contributed by atoms with E-state index >= 15 is 0 Å². The molecule has 2 nitrogen and oxygen atoms in total. The average Bonchev–Trinajstić information content (AvgIpc) is 2.17. The number of hydrogen-bond acceptors (Lipinski definition) is 2. The van der Waals surface area contributed by atoms with Crippen molar-refractivity contribution >= 4 is 0 Å². The summed E-state index contributed by atoms with van der Waals surface area (Å²) < 4.78 is 0. The Bertz CT molecular complexity index is 193. The molecule has 1 rings (SSSR count). The number of hydrogen-bond donors (Lipinski definition) is 2. The molecule has 2 heteroatoms. The van der Waals surface area contributed by atoms with Crippen LogP contribution in [0.15, 0.2) is 12.7 Å². The molecule has 1 aliphatic rings. The van der Waals surface area contributed by atoms with E-state index in [9.17, 15) is 5.11 Å². The van der Waals surface area contributed by atoms with Gasteiger partial charge in [-0.15, -0.1) is 6.58 Å². The molecule has 0 spiro atoms. The smallest absolute Gasteiger partial charge is 0.0613 e. The van der Waals surface area contributed by atoms with Crippen molar-refractivity contribution in [2.75, 3.05) is 6.61 Å². The lowest BCUT2D eigenvalue weighted by Crippen LogP contribution is -2.54. The van der Waals surface area contributed by atoms with E-state index in [-0.39, 0.29) is 18.2 Å². The minimum atomic E-state index is -0.0503. The molecule has 0 bridgehead atoms. The molecule has 0 amide bonds. The van der Waals surface area contributed by atoms with Crippen LogP contribution in [0.4, 0.5) is 0 Å². The van der Waals surface area contributed by atoms with Crippen molar-refractivity contribution in [1.29, 1.82) is 0 Å². The van der Waals surface area contributed by atoms with Crippen molar-refractivity contribution in [2.24, 2.45) is 5.92 Å².